The fourth-order valence-corrected chi connectivity index (χ4v) is 2.40. The summed E-state index contributed by atoms with van der Waals surface area (Å²) >= 11 is 0. The molecule has 1 atom stereocenters. The molecule has 4 nitrogen and oxygen atoms in total. The van der Waals surface area contributed by atoms with Crippen LogP contribution in [0.3, 0.4) is 0 Å². The third-order valence-electron chi connectivity index (χ3n) is 3.54. The Hall–Kier alpha value is -1.29. The molecule has 0 bridgehead atoms. The number of aromatic amines is 1. The summed E-state index contributed by atoms with van der Waals surface area (Å²) in [7, 11) is 0. The summed E-state index contributed by atoms with van der Waals surface area (Å²) in [4.78, 5) is 17.7. The second kappa shape index (κ2) is 5.57. The van der Waals surface area contributed by atoms with E-state index in [-0.39, 0.29) is 11.9 Å². The number of hydrogen-bond acceptors (Lipinski definition) is 2. The summed E-state index contributed by atoms with van der Waals surface area (Å²) in [6.45, 7) is 8.35. The number of carbonyl (C=O) groups excluding carboxylic acids is 1. The molecule has 2 rings (SSSR count). The molecule has 0 radical (unpaired) electrons. The summed E-state index contributed by atoms with van der Waals surface area (Å²) in [6, 6.07) is 2.13. The van der Waals surface area contributed by atoms with Gasteiger partial charge in [0.1, 0.15) is 0 Å². The van der Waals surface area contributed by atoms with E-state index in [0.717, 1.165) is 24.3 Å². The lowest BCUT2D eigenvalue weighted by atomic mass is 10.0. The van der Waals surface area contributed by atoms with Gasteiger partial charge >= 0.3 is 0 Å². The second-order valence-electron chi connectivity index (χ2n) is 5.21. The first-order valence-corrected chi connectivity index (χ1v) is 6.67. The third-order valence-corrected chi connectivity index (χ3v) is 3.54. The molecule has 1 aliphatic rings. The van der Waals surface area contributed by atoms with Crippen LogP contribution in [0.25, 0.3) is 0 Å². The molecule has 1 saturated heterocycles. The number of aromatic nitrogens is 1. The van der Waals surface area contributed by atoms with Crippen molar-refractivity contribution in [2.75, 3.05) is 19.8 Å². The number of nitrogens with one attached hydrogen (secondary N) is 1. The molecular formula is C14H22N2O2. The van der Waals surface area contributed by atoms with Crippen molar-refractivity contribution in [3.63, 3.8) is 0 Å². The fraction of sp³-hybridized carbons (Fsp3) is 0.643. The van der Waals surface area contributed by atoms with Crippen LogP contribution in [0.2, 0.25) is 0 Å². The van der Waals surface area contributed by atoms with Crippen molar-refractivity contribution in [2.45, 2.75) is 39.2 Å². The van der Waals surface area contributed by atoms with Gasteiger partial charge < -0.3 is 14.6 Å². The Kier molecular flexibility index (Phi) is 4.07. The SMILES string of the molecule is CC(C)c1[nH]ccc1C(=O)N1CCOCCC1C. The van der Waals surface area contributed by atoms with Crippen molar-refractivity contribution < 1.29 is 9.53 Å². The van der Waals surface area contributed by atoms with Gasteiger partial charge in [-0.05, 0) is 25.3 Å². The van der Waals surface area contributed by atoms with Crippen LogP contribution in [-0.4, -0.2) is 41.6 Å². The van der Waals surface area contributed by atoms with Gasteiger partial charge in [0.2, 0.25) is 0 Å². The minimum absolute atomic E-state index is 0.123. The number of amides is 1. The Labute approximate surface area is 108 Å². The largest absolute Gasteiger partial charge is 0.380 e. The molecule has 18 heavy (non-hydrogen) atoms. The Morgan fingerprint density at radius 3 is 3.00 bits per heavy atom. The normalized spacial score (nSPS) is 21.1. The summed E-state index contributed by atoms with van der Waals surface area (Å²) in [5.41, 5.74) is 1.83. The molecule has 1 aromatic heterocycles. The smallest absolute Gasteiger partial charge is 0.256 e. The summed E-state index contributed by atoms with van der Waals surface area (Å²) in [6.07, 6.45) is 2.76. The maximum atomic E-state index is 12.6. The van der Waals surface area contributed by atoms with Crippen LogP contribution in [0.1, 0.15) is 49.2 Å². The number of carbonyl (C=O) groups is 1. The topological polar surface area (TPSA) is 45.3 Å². The molecular weight excluding hydrogens is 228 g/mol. The lowest BCUT2D eigenvalue weighted by Gasteiger charge is -2.26. The van der Waals surface area contributed by atoms with E-state index in [1.807, 2.05) is 17.2 Å². The average molecular weight is 250 g/mol. The molecule has 1 amide bonds. The number of nitrogens with zero attached hydrogens (tertiary/aromatic N) is 1. The zero-order valence-corrected chi connectivity index (χ0v) is 11.4. The van der Waals surface area contributed by atoms with E-state index in [9.17, 15) is 4.79 Å². The zero-order chi connectivity index (χ0) is 13.1. The van der Waals surface area contributed by atoms with Gasteiger partial charge in [-0.25, -0.2) is 0 Å². The Balaban J connectivity index is 2.21. The first kappa shape index (κ1) is 13.1. The molecule has 100 valence electrons. The molecule has 1 unspecified atom stereocenters. The van der Waals surface area contributed by atoms with Gasteiger partial charge in [-0.3, -0.25) is 4.79 Å². The zero-order valence-electron chi connectivity index (χ0n) is 11.4. The lowest BCUT2D eigenvalue weighted by Crippen LogP contribution is -2.39. The first-order valence-electron chi connectivity index (χ1n) is 6.67. The average Bonchev–Trinajstić information content (AvgIpc) is 2.72. The maximum absolute atomic E-state index is 12.6. The van der Waals surface area contributed by atoms with Gasteiger partial charge in [0.05, 0.1) is 12.2 Å². The van der Waals surface area contributed by atoms with Gasteiger partial charge in [0.15, 0.2) is 0 Å². The lowest BCUT2D eigenvalue weighted by molar-refractivity contribution is 0.0686. The van der Waals surface area contributed by atoms with Gasteiger partial charge in [0.25, 0.3) is 5.91 Å². The van der Waals surface area contributed by atoms with E-state index in [1.54, 1.807) is 0 Å². The monoisotopic (exact) mass is 250 g/mol. The second-order valence-corrected chi connectivity index (χ2v) is 5.21. The van der Waals surface area contributed by atoms with E-state index >= 15 is 0 Å². The highest BCUT2D eigenvalue weighted by Gasteiger charge is 2.26. The van der Waals surface area contributed by atoms with E-state index in [1.165, 1.54) is 0 Å². The number of H-pyrrole nitrogens is 1. The van der Waals surface area contributed by atoms with Gasteiger partial charge in [-0.1, -0.05) is 13.8 Å². The quantitative estimate of drug-likeness (QED) is 0.876. The maximum Gasteiger partial charge on any atom is 0.256 e. The van der Waals surface area contributed by atoms with Crippen LogP contribution in [0, 0.1) is 0 Å². The van der Waals surface area contributed by atoms with Crippen LogP contribution in [0.4, 0.5) is 0 Å². The van der Waals surface area contributed by atoms with Crippen molar-refractivity contribution in [2.24, 2.45) is 0 Å². The Morgan fingerprint density at radius 1 is 1.50 bits per heavy atom. The van der Waals surface area contributed by atoms with Crippen molar-refractivity contribution in [3.05, 3.63) is 23.5 Å². The highest BCUT2D eigenvalue weighted by Crippen LogP contribution is 2.21. The fourth-order valence-electron chi connectivity index (χ4n) is 2.40. The Morgan fingerprint density at radius 2 is 2.28 bits per heavy atom. The molecule has 1 aliphatic heterocycles. The summed E-state index contributed by atoms with van der Waals surface area (Å²) < 4.78 is 5.44. The van der Waals surface area contributed by atoms with E-state index < -0.39 is 0 Å². The molecule has 0 saturated carbocycles. The molecule has 0 aromatic carbocycles. The minimum atomic E-state index is 0.123. The van der Waals surface area contributed by atoms with Crippen LogP contribution in [0.15, 0.2) is 12.3 Å². The highest BCUT2D eigenvalue weighted by atomic mass is 16.5. The molecule has 1 fully saturated rings. The molecule has 1 N–H and O–H groups in total. The van der Waals surface area contributed by atoms with E-state index in [2.05, 4.69) is 25.8 Å². The molecule has 1 aromatic rings. The standard InChI is InChI=1S/C14H22N2O2/c1-10(2)13-12(4-6-15-13)14(17)16-7-9-18-8-5-11(16)3/h4,6,10-11,15H,5,7-9H2,1-3H3. The van der Waals surface area contributed by atoms with Crippen molar-refractivity contribution in [3.8, 4) is 0 Å². The first-order chi connectivity index (χ1) is 8.61. The number of hydrogen-bond donors (Lipinski definition) is 1. The third kappa shape index (κ3) is 2.58. The molecule has 2 heterocycles. The van der Waals surface area contributed by atoms with Crippen LogP contribution in [0.5, 0.6) is 0 Å². The van der Waals surface area contributed by atoms with Crippen molar-refractivity contribution in [1.82, 2.24) is 9.88 Å². The predicted octanol–water partition coefficient (Wildman–Crippen LogP) is 2.39. The Bertz CT molecular complexity index is 412. The molecule has 4 heteroatoms. The van der Waals surface area contributed by atoms with Gasteiger partial charge in [0, 0.05) is 31.1 Å². The van der Waals surface area contributed by atoms with E-state index in [4.69, 9.17) is 4.74 Å². The number of rotatable bonds is 2. The van der Waals surface area contributed by atoms with Crippen LogP contribution < -0.4 is 0 Å². The summed E-state index contributed by atoms with van der Waals surface area (Å²) in [5, 5.41) is 0. The van der Waals surface area contributed by atoms with E-state index in [0.29, 0.717) is 19.1 Å². The molecule has 0 spiro atoms. The van der Waals surface area contributed by atoms with Crippen LogP contribution >= 0.6 is 0 Å². The molecule has 0 aliphatic carbocycles. The number of ether oxygens (including phenoxy) is 1. The van der Waals surface area contributed by atoms with Crippen molar-refractivity contribution in [1.29, 1.82) is 0 Å². The predicted molar refractivity (Wildman–Crippen MR) is 70.8 cm³/mol. The van der Waals surface area contributed by atoms with Gasteiger partial charge in [-0.2, -0.15) is 0 Å². The van der Waals surface area contributed by atoms with Crippen LogP contribution in [-0.2, 0) is 4.74 Å². The van der Waals surface area contributed by atoms with Gasteiger partial charge in [-0.15, -0.1) is 0 Å². The van der Waals surface area contributed by atoms with Crippen molar-refractivity contribution >= 4 is 5.91 Å². The highest BCUT2D eigenvalue weighted by molar-refractivity contribution is 5.95. The minimum Gasteiger partial charge on any atom is -0.380 e. The summed E-state index contributed by atoms with van der Waals surface area (Å²) in [5.74, 6) is 0.454.